The summed E-state index contributed by atoms with van der Waals surface area (Å²) in [5, 5.41) is 0. The van der Waals surface area contributed by atoms with E-state index in [4.69, 9.17) is 0 Å². The van der Waals surface area contributed by atoms with Gasteiger partial charge in [-0.3, -0.25) is 4.79 Å². The van der Waals surface area contributed by atoms with E-state index in [-0.39, 0.29) is 23.5 Å². The predicted molar refractivity (Wildman–Crippen MR) is 93.3 cm³/mol. The first-order valence-electron chi connectivity index (χ1n) is 8.13. The summed E-state index contributed by atoms with van der Waals surface area (Å²) in [4.78, 5) is 14.6. The van der Waals surface area contributed by atoms with Gasteiger partial charge in [-0.05, 0) is 28.7 Å². The van der Waals surface area contributed by atoms with Gasteiger partial charge in [0, 0.05) is 7.05 Å². The highest BCUT2D eigenvalue weighted by Gasteiger charge is 2.39. The quantitative estimate of drug-likeness (QED) is 0.844. The Labute approximate surface area is 142 Å². The van der Waals surface area contributed by atoms with Crippen LogP contribution in [0.1, 0.15) is 23.6 Å². The first-order chi connectivity index (χ1) is 11.5. The van der Waals surface area contributed by atoms with Crippen molar-refractivity contribution in [2.24, 2.45) is 5.92 Å². The van der Waals surface area contributed by atoms with Gasteiger partial charge in [-0.1, -0.05) is 48.5 Å². The van der Waals surface area contributed by atoms with Crippen molar-refractivity contribution in [3.8, 4) is 11.1 Å². The molecule has 2 aromatic carbocycles. The molecule has 124 valence electrons. The van der Waals surface area contributed by atoms with Gasteiger partial charge in [0.05, 0.1) is 23.5 Å². The highest BCUT2D eigenvalue weighted by molar-refractivity contribution is 7.91. The first-order valence-corrected chi connectivity index (χ1v) is 9.95. The van der Waals surface area contributed by atoms with Crippen LogP contribution in [0.4, 0.5) is 0 Å². The first kappa shape index (κ1) is 15.4. The summed E-state index contributed by atoms with van der Waals surface area (Å²) in [7, 11) is -1.28. The Bertz CT molecular complexity index is 874. The van der Waals surface area contributed by atoms with Crippen LogP contribution in [-0.4, -0.2) is 37.8 Å². The number of hydrogen-bond acceptors (Lipinski definition) is 3. The number of carbonyl (C=O) groups excluding carboxylic acids is 1. The van der Waals surface area contributed by atoms with Gasteiger partial charge in [-0.15, -0.1) is 0 Å². The molecule has 4 rings (SSSR count). The number of fused-ring (bicyclic) bond motifs is 3. The van der Waals surface area contributed by atoms with Gasteiger partial charge >= 0.3 is 0 Å². The average Bonchev–Trinajstić information content (AvgIpc) is 3.11. The van der Waals surface area contributed by atoms with E-state index in [1.54, 1.807) is 11.9 Å². The van der Waals surface area contributed by atoms with Gasteiger partial charge in [-0.2, -0.15) is 0 Å². The molecule has 1 aliphatic heterocycles. The molecule has 24 heavy (non-hydrogen) atoms. The molecule has 1 heterocycles. The van der Waals surface area contributed by atoms with Crippen LogP contribution in [0.3, 0.4) is 0 Å². The lowest BCUT2D eigenvalue weighted by Gasteiger charge is -2.28. The number of nitrogens with zero attached hydrogens (tertiary/aromatic N) is 1. The van der Waals surface area contributed by atoms with Gasteiger partial charge in [-0.25, -0.2) is 8.42 Å². The smallest absolute Gasteiger partial charge is 0.227 e. The second kappa shape index (κ2) is 5.45. The summed E-state index contributed by atoms with van der Waals surface area (Å²) in [6.07, 6.45) is 0.432. The van der Waals surface area contributed by atoms with Crippen molar-refractivity contribution in [2.45, 2.75) is 12.5 Å². The fraction of sp³-hybridized carbons (Fsp3) is 0.316. The molecule has 1 amide bonds. The number of carbonyl (C=O) groups is 1. The van der Waals surface area contributed by atoms with Crippen LogP contribution in [0.15, 0.2) is 48.5 Å². The number of rotatable bonds is 2. The SMILES string of the molecule is CN(C(=O)[C@@H]1CCS(=O)(=O)C1)C1c2ccccc2-c2ccccc21. The summed E-state index contributed by atoms with van der Waals surface area (Å²) >= 11 is 0. The van der Waals surface area contributed by atoms with E-state index in [1.807, 2.05) is 24.3 Å². The zero-order valence-electron chi connectivity index (χ0n) is 13.5. The second-order valence-electron chi connectivity index (χ2n) is 6.63. The molecule has 1 atom stereocenters. The van der Waals surface area contributed by atoms with E-state index in [9.17, 15) is 13.2 Å². The summed E-state index contributed by atoms with van der Waals surface area (Å²) < 4.78 is 23.4. The second-order valence-corrected chi connectivity index (χ2v) is 8.85. The molecule has 0 radical (unpaired) electrons. The standard InChI is InChI=1S/C19H19NO3S/c1-20(19(21)13-10-11-24(22,23)12-13)18-16-8-4-2-6-14(16)15-7-3-5-9-17(15)18/h2-9,13,18H,10-12H2,1H3/t13-/m1/s1. The number of amides is 1. The molecule has 0 N–H and O–H groups in total. The van der Waals surface area contributed by atoms with E-state index in [0.717, 1.165) is 22.3 Å². The minimum Gasteiger partial charge on any atom is -0.334 e. The Morgan fingerprint density at radius 1 is 1.00 bits per heavy atom. The summed E-state index contributed by atoms with van der Waals surface area (Å²) in [5.74, 6) is -0.395. The van der Waals surface area contributed by atoms with Gasteiger partial charge in [0.1, 0.15) is 0 Å². The van der Waals surface area contributed by atoms with Crippen molar-refractivity contribution >= 4 is 15.7 Å². The van der Waals surface area contributed by atoms with Crippen LogP contribution in [0.25, 0.3) is 11.1 Å². The van der Waals surface area contributed by atoms with Crippen molar-refractivity contribution in [1.82, 2.24) is 4.90 Å². The fourth-order valence-electron chi connectivity index (χ4n) is 3.95. The van der Waals surface area contributed by atoms with E-state index >= 15 is 0 Å². The molecule has 2 aromatic rings. The Morgan fingerprint density at radius 3 is 2.04 bits per heavy atom. The van der Waals surface area contributed by atoms with Crippen molar-refractivity contribution < 1.29 is 13.2 Å². The summed E-state index contributed by atoms with van der Waals surface area (Å²) in [6.45, 7) is 0. The van der Waals surface area contributed by atoms with E-state index in [1.165, 1.54) is 0 Å². The lowest BCUT2D eigenvalue weighted by Crippen LogP contribution is -2.36. The highest BCUT2D eigenvalue weighted by Crippen LogP contribution is 2.46. The van der Waals surface area contributed by atoms with Gasteiger partial charge in [0.25, 0.3) is 0 Å². The van der Waals surface area contributed by atoms with Crippen molar-refractivity contribution in [1.29, 1.82) is 0 Å². The lowest BCUT2D eigenvalue weighted by atomic mass is 10.0. The van der Waals surface area contributed by atoms with Crippen LogP contribution in [0, 0.1) is 5.92 Å². The van der Waals surface area contributed by atoms with E-state index in [0.29, 0.717) is 6.42 Å². The molecule has 1 saturated heterocycles. The molecule has 0 aromatic heterocycles. The van der Waals surface area contributed by atoms with Crippen LogP contribution >= 0.6 is 0 Å². The van der Waals surface area contributed by atoms with E-state index < -0.39 is 15.8 Å². The number of hydrogen-bond donors (Lipinski definition) is 0. The topological polar surface area (TPSA) is 54.5 Å². The third kappa shape index (κ3) is 2.35. The normalized spacial score (nSPS) is 21.3. The number of benzene rings is 2. The maximum atomic E-state index is 12.9. The zero-order valence-corrected chi connectivity index (χ0v) is 14.3. The molecule has 4 nitrogen and oxygen atoms in total. The fourth-order valence-corrected chi connectivity index (χ4v) is 5.68. The molecule has 1 fully saturated rings. The van der Waals surface area contributed by atoms with Crippen LogP contribution < -0.4 is 0 Å². The van der Waals surface area contributed by atoms with Crippen molar-refractivity contribution in [2.75, 3.05) is 18.6 Å². The van der Waals surface area contributed by atoms with Crippen molar-refractivity contribution in [3.05, 3.63) is 59.7 Å². The van der Waals surface area contributed by atoms with Crippen LogP contribution in [-0.2, 0) is 14.6 Å². The molecule has 0 unspecified atom stereocenters. The van der Waals surface area contributed by atoms with Crippen LogP contribution in [0.5, 0.6) is 0 Å². The maximum Gasteiger partial charge on any atom is 0.227 e. The highest BCUT2D eigenvalue weighted by atomic mass is 32.2. The Kier molecular flexibility index (Phi) is 3.49. The average molecular weight is 341 g/mol. The zero-order chi connectivity index (χ0) is 16.9. The van der Waals surface area contributed by atoms with E-state index in [2.05, 4.69) is 24.3 Å². The maximum absolute atomic E-state index is 12.9. The Morgan fingerprint density at radius 2 is 1.54 bits per heavy atom. The molecular formula is C19H19NO3S. The molecule has 5 heteroatoms. The minimum absolute atomic E-state index is 0.0216. The molecule has 1 aliphatic carbocycles. The molecule has 0 saturated carbocycles. The molecule has 0 bridgehead atoms. The van der Waals surface area contributed by atoms with Crippen LogP contribution in [0.2, 0.25) is 0 Å². The van der Waals surface area contributed by atoms with Gasteiger partial charge < -0.3 is 4.90 Å². The Balaban J connectivity index is 1.72. The summed E-state index contributed by atoms with van der Waals surface area (Å²) in [6, 6.07) is 16.1. The predicted octanol–water partition coefficient (Wildman–Crippen LogP) is 2.65. The molecule has 0 spiro atoms. The van der Waals surface area contributed by atoms with Gasteiger partial charge in [0.15, 0.2) is 9.84 Å². The number of sulfone groups is 1. The van der Waals surface area contributed by atoms with Crippen molar-refractivity contribution in [3.63, 3.8) is 0 Å². The lowest BCUT2D eigenvalue weighted by molar-refractivity contribution is -0.134. The largest absolute Gasteiger partial charge is 0.334 e. The molecular weight excluding hydrogens is 322 g/mol. The molecule has 2 aliphatic rings. The third-order valence-electron chi connectivity index (χ3n) is 5.12. The minimum atomic E-state index is -3.07. The van der Waals surface area contributed by atoms with Gasteiger partial charge in [0.2, 0.25) is 5.91 Å². The Hall–Kier alpha value is -2.14. The summed E-state index contributed by atoms with van der Waals surface area (Å²) in [5.41, 5.74) is 4.51. The third-order valence-corrected chi connectivity index (χ3v) is 6.89. The monoisotopic (exact) mass is 341 g/mol.